The van der Waals surface area contributed by atoms with Gasteiger partial charge in [-0.2, -0.15) is 0 Å². The van der Waals surface area contributed by atoms with Gasteiger partial charge in [-0.3, -0.25) is 4.79 Å². The average Bonchev–Trinajstić information content (AvgIpc) is 2.62. The molecular weight excluding hydrogens is 373 g/mol. The molecule has 2 rings (SSSR count). The lowest BCUT2D eigenvalue weighted by Gasteiger charge is -2.33. The lowest BCUT2D eigenvalue weighted by molar-refractivity contribution is -0.122. The van der Waals surface area contributed by atoms with Crippen LogP contribution in [0.2, 0.25) is 0 Å². The van der Waals surface area contributed by atoms with Crippen LogP contribution in [0.15, 0.2) is 12.4 Å². The number of amides is 1. The van der Waals surface area contributed by atoms with Gasteiger partial charge in [0.15, 0.2) is 0 Å². The van der Waals surface area contributed by atoms with Crippen LogP contribution in [-0.4, -0.2) is 41.6 Å². The summed E-state index contributed by atoms with van der Waals surface area (Å²) >= 11 is 0. The van der Waals surface area contributed by atoms with Gasteiger partial charge in [0, 0.05) is 37.3 Å². The molecule has 0 saturated carbocycles. The van der Waals surface area contributed by atoms with Crippen LogP contribution in [0.3, 0.4) is 0 Å². The van der Waals surface area contributed by atoms with E-state index in [4.69, 9.17) is 5.73 Å². The SMILES string of the molecule is CCc1cc(N2CCC(NC(=O)CCCCCCN)CC2)ncn1.Cl.Cl. The van der Waals surface area contributed by atoms with Crippen molar-refractivity contribution in [1.29, 1.82) is 0 Å². The van der Waals surface area contributed by atoms with E-state index in [1.165, 1.54) is 0 Å². The number of carbonyl (C=O) groups excluding carboxylic acids is 1. The molecule has 150 valence electrons. The van der Waals surface area contributed by atoms with E-state index >= 15 is 0 Å². The molecular formula is C18H33Cl2N5O. The van der Waals surface area contributed by atoms with Gasteiger partial charge in [0.05, 0.1) is 0 Å². The Morgan fingerprint density at radius 3 is 2.54 bits per heavy atom. The first-order chi connectivity index (χ1) is 11.7. The minimum absolute atomic E-state index is 0. The minimum atomic E-state index is 0. The van der Waals surface area contributed by atoms with Crippen molar-refractivity contribution in [3.63, 3.8) is 0 Å². The predicted octanol–water partition coefficient (Wildman–Crippen LogP) is 2.88. The number of hydrogen-bond acceptors (Lipinski definition) is 5. The number of nitrogens with two attached hydrogens (primary N) is 1. The molecule has 6 nitrogen and oxygen atoms in total. The highest BCUT2D eigenvalue weighted by Crippen LogP contribution is 2.18. The summed E-state index contributed by atoms with van der Waals surface area (Å²) in [5.74, 6) is 1.20. The molecule has 0 unspecified atom stereocenters. The molecule has 0 atom stereocenters. The molecule has 0 radical (unpaired) electrons. The highest BCUT2D eigenvalue weighted by Gasteiger charge is 2.21. The maximum Gasteiger partial charge on any atom is 0.220 e. The first-order valence-corrected chi connectivity index (χ1v) is 9.28. The van der Waals surface area contributed by atoms with Crippen molar-refractivity contribution >= 4 is 36.5 Å². The molecule has 0 bridgehead atoms. The molecule has 1 aromatic rings. The lowest BCUT2D eigenvalue weighted by atomic mass is 10.0. The number of unbranched alkanes of at least 4 members (excludes halogenated alkanes) is 3. The van der Waals surface area contributed by atoms with Gasteiger partial charge < -0.3 is 16.0 Å². The molecule has 1 aliphatic heterocycles. The smallest absolute Gasteiger partial charge is 0.220 e. The highest BCUT2D eigenvalue weighted by molar-refractivity contribution is 5.85. The summed E-state index contributed by atoms with van der Waals surface area (Å²) in [7, 11) is 0. The maximum atomic E-state index is 12.0. The second-order valence-corrected chi connectivity index (χ2v) is 6.50. The third-order valence-corrected chi connectivity index (χ3v) is 4.61. The summed E-state index contributed by atoms with van der Waals surface area (Å²) in [5.41, 5.74) is 6.55. The van der Waals surface area contributed by atoms with Gasteiger partial charge in [-0.1, -0.05) is 19.8 Å². The van der Waals surface area contributed by atoms with Crippen LogP contribution >= 0.6 is 24.8 Å². The Balaban J connectivity index is 0.00000312. The molecule has 26 heavy (non-hydrogen) atoms. The van der Waals surface area contributed by atoms with Crippen LogP contribution in [0.25, 0.3) is 0 Å². The van der Waals surface area contributed by atoms with Crippen molar-refractivity contribution in [2.75, 3.05) is 24.5 Å². The Bertz CT molecular complexity index is 510. The van der Waals surface area contributed by atoms with Crippen molar-refractivity contribution in [3.8, 4) is 0 Å². The Kier molecular flexibility index (Phi) is 13.4. The zero-order valence-electron chi connectivity index (χ0n) is 15.7. The fraction of sp³-hybridized carbons (Fsp3) is 0.722. The van der Waals surface area contributed by atoms with Crippen LogP contribution < -0.4 is 16.0 Å². The molecule has 1 aliphatic rings. The van der Waals surface area contributed by atoms with Gasteiger partial charge in [0.2, 0.25) is 5.91 Å². The van der Waals surface area contributed by atoms with E-state index < -0.39 is 0 Å². The fourth-order valence-corrected chi connectivity index (χ4v) is 3.09. The van der Waals surface area contributed by atoms with E-state index in [1.807, 2.05) is 0 Å². The zero-order valence-corrected chi connectivity index (χ0v) is 17.3. The number of aromatic nitrogens is 2. The number of anilines is 1. The Hall–Kier alpha value is -1.11. The Labute approximate surface area is 169 Å². The zero-order chi connectivity index (χ0) is 17.2. The van der Waals surface area contributed by atoms with E-state index in [-0.39, 0.29) is 30.7 Å². The molecule has 8 heteroatoms. The first kappa shape index (κ1) is 24.9. The van der Waals surface area contributed by atoms with Crippen molar-refractivity contribution in [1.82, 2.24) is 15.3 Å². The molecule has 2 heterocycles. The predicted molar refractivity (Wildman–Crippen MR) is 111 cm³/mol. The topological polar surface area (TPSA) is 84.1 Å². The third-order valence-electron chi connectivity index (χ3n) is 4.61. The summed E-state index contributed by atoms with van der Waals surface area (Å²) in [6.45, 7) is 4.71. The van der Waals surface area contributed by atoms with Crippen molar-refractivity contribution in [3.05, 3.63) is 18.1 Å². The molecule has 1 saturated heterocycles. The largest absolute Gasteiger partial charge is 0.356 e. The van der Waals surface area contributed by atoms with Crippen LogP contribution in [0.5, 0.6) is 0 Å². The van der Waals surface area contributed by atoms with Gasteiger partial charge in [0.1, 0.15) is 12.1 Å². The van der Waals surface area contributed by atoms with E-state index in [0.717, 1.165) is 76.1 Å². The van der Waals surface area contributed by atoms with E-state index in [9.17, 15) is 4.79 Å². The molecule has 1 aromatic heterocycles. The summed E-state index contributed by atoms with van der Waals surface area (Å²) in [5, 5.41) is 3.18. The monoisotopic (exact) mass is 405 g/mol. The minimum Gasteiger partial charge on any atom is -0.356 e. The summed E-state index contributed by atoms with van der Waals surface area (Å²) in [6, 6.07) is 2.37. The Morgan fingerprint density at radius 1 is 1.19 bits per heavy atom. The first-order valence-electron chi connectivity index (χ1n) is 9.28. The van der Waals surface area contributed by atoms with Gasteiger partial charge in [-0.05, 0) is 38.6 Å². The maximum absolute atomic E-state index is 12.0. The second kappa shape index (κ2) is 14.0. The van der Waals surface area contributed by atoms with E-state index in [1.54, 1.807) is 6.33 Å². The quantitative estimate of drug-likeness (QED) is 0.616. The number of halogens is 2. The normalized spacial score (nSPS) is 14.3. The molecule has 0 aromatic carbocycles. The summed E-state index contributed by atoms with van der Waals surface area (Å²) < 4.78 is 0. The van der Waals surface area contributed by atoms with E-state index in [2.05, 4.69) is 33.2 Å². The van der Waals surface area contributed by atoms with Crippen LogP contribution in [0, 0.1) is 0 Å². The number of rotatable bonds is 9. The molecule has 0 spiro atoms. The standard InChI is InChI=1S/C18H31N5O.2ClH/c1-2-15-13-17(21-14-20-15)23-11-8-16(9-12-23)22-18(24)7-5-3-4-6-10-19;;/h13-14,16H,2-12,19H2,1H3,(H,22,24);2*1H. The highest BCUT2D eigenvalue weighted by atomic mass is 35.5. The lowest BCUT2D eigenvalue weighted by Crippen LogP contribution is -2.44. The van der Waals surface area contributed by atoms with Crippen LogP contribution in [0.4, 0.5) is 5.82 Å². The van der Waals surface area contributed by atoms with Gasteiger partial charge in [-0.25, -0.2) is 9.97 Å². The van der Waals surface area contributed by atoms with Crippen molar-refractivity contribution in [2.24, 2.45) is 5.73 Å². The number of hydrogen-bond donors (Lipinski definition) is 2. The fourth-order valence-electron chi connectivity index (χ4n) is 3.09. The molecule has 1 fully saturated rings. The summed E-state index contributed by atoms with van der Waals surface area (Å²) in [4.78, 5) is 22.9. The number of carbonyl (C=O) groups is 1. The molecule has 0 aliphatic carbocycles. The van der Waals surface area contributed by atoms with Gasteiger partial charge >= 0.3 is 0 Å². The molecule has 3 N–H and O–H groups in total. The Morgan fingerprint density at radius 2 is 1.88 bits per heavy atom. The van der Waals surface area contributed by atoms with E-state index in [0.29, 0.717) is 12.5 Å². The molecule has 1 amide bonds. The van der Waals surface area contributed by atoms with Crippen LogP contribution in [0.1, 0.15) is 57.6 Å². The third kappa shape index (κ3) is 8.52. The summed E-state index contributed by atoms with van der Waals surface area (Å²) in [6.07, 6.45) is 9.40. The number of nitrogens with zero attached hydrogens (tertiary/aromatic N) is 3. The number of nitrogens with one attached hydrogen (secondary N) is 1. The van der Waals surface area contributed by atoms with Crippen molar-refractivity contribution in [2.45, 2.75) is 64.3 Å². The average molecular weight is 406 g/mol. The van der Waals surface area contributed by atoms with Gasteiger partial charge in [-0.15, -0.1) is 24.8 Å². The van der Waals surface area contributed by atoms with Gasteiger partial charge in [0.25, 0.3) is 0 Å². The number of aryl methyl sites for hydroxylation is 1. The second-order valence-electron chi connectivity index (χ2n) is 6.50. The van der Waals surface area contributed by atoms with Crippen molar-refractivity contribution < 1.29 is 4.79 Å². The van der Waals surface area contributed by atoms with Crippen LogP contribution in [-0.2, 0) is 11.2 Å². The number of piperidine rings is 1.